The van der Waals surface area contributed by atoms with E-state index in [4.69, 9.17) is 5.84 Å². The highest BCUT2D eigenvalue weighted by molar-refractivity contribution is 9.10. The van der Waals surface area contributed by atoms with Crippen molar-refractivity contribution in [3.05, 3.63) is 53.0 Å². The Morgan fingerprint density at radius 2 is 2.03 bits per heavy atom. The molecule has 0 aliphatic carbocycles. The van der Waals surface area contributed by atoms with Crippen molar-refractivity contribution in [3.8, 4) is 0 Å². The summed E-state index contributed by atoms with van der Waals surface area (Å²) in [6, 6.07) is 6.98. The predicted molar refractivity (Wildman–Crippen MR) is 131 cm³/mol. The first kappa shape index (κ1) is 22.0. The standard InChI is InChI=1S/C22H21BrN8O3/c23-13-8-26-20-18(19(13)30-7-3-4-12(11-30)31(24)22(33)34)16(9-27-20)29-21(32)17-10-25-14-5-1-2-6-15(14)28-17/h1-2,5-6,8-10,12H,3-4,7,11,24H2,(H,26,27)(H,29,32)(H,33,34)/t12-/m1/s1. The van der Waals surface area contributed by atoms with E-state index in [0.29, 0.717) is 47.3 Å². The molecule has 1 saturated heterocycles. The van der Waals surface area contributed by atoms with Gasteiger partial charge in [-0.3, -0.25) is 9.78 Å². The average Bonchev–Trinajstić information content (AvgIpc) is 3.25. The fourth-order valence-corrected chi connectivity index (χ4v) is 4.81. The lowest BCUT2D eigenvalue weighted by Gasteiger charge is -2.38. The summed E-state index contributed by atoms with van der Waals surface area (Å²) >= 11 is 3.58. The molecule has 0 saturated carbocycles. The van der Waals surface area contributed by atoms with Gasteiger partial charge in [0.15, 0.2) is 0 Å². The third-order valence-corrected chi connectivity index (χ3v) is 6.47. The van der Waals surface area contributed by atoms with Gasteiger partial charge in [-0.25, -0.2) is 25.6 Å². The fourth-order valence-electron chi connectivity index (χ4n) is 4.26. The predicted octanol–water partition coefficient (Wildman–Crippen LogP) is 3.34. The molecule has 3 aromatic heterocycles. The summed E-state index contributed by atoms with van der Waals surface area (Å²) in [5.41, 5.74) is 3.44. The fraction of sp³-hybridized carbons (Fsp3) is 0.227. The number of anilines is 2. The van der Waals surface area contributed by atoms with E-state index in [2.05, 4.69) is 46.1 Å². The van der Waals surface area contributed by atoms with Crippen molar-refractivity contribution in [2.24, 2.45) is 5.84 Å². The SMILES string of the molecule is NN(C(=O)O)[C@@H]1CCCN(c2c(Br)cnc3[nH]cc(NC(=O)c4cnc5ccccc5n4)c23)C1. The van der Waals surface area contributed by atoms with Crippen molar-refractivity contribution in [1.82, 2.24) is 24.9 Å². The van der Waals surface area contributed by atoms with Crippen LogP contribution in [-0.4, -0.2) is 61.2 Å². The molecule has 1 aliphatic heterocycles. The summed E-state index contributed by atoms with van der Waals surface area (Å²) in [6.07, 6.45) is 5.06. The number of aromatic amines is 1. The summed E-state index contributed by atoms with van der Waals surface area (Å²) in [6.45, 7) is 1.12. The first-order chi connectivity index (χ1) is 16.4. The Kier molecular flexibility index (Phi) is 5.75. The van der Waals surface area contributed by atoms with Gasteiger partial charge in [-0.1, -0.05) is 12.1 Å². The minimum Gasteiger partial charge on any atom is -0.464 e. The van der Waals surface area contributed by atoms with Crippen molar-refractivity contribution in [3.63, 3.8) is 0 Å². The number of halogens is 1. The van der Waals surface area contributed by atoms with E-state index >= 15 is 0 Å². The van der Waals surface area contributed by atoms with Crippen molar-refractivity contribution < 1.29 is 14.7 Å². The largest absolute Gasteiger partial charge is 0.464 e. The minimum atomic E-state index is -1.17. The van der Waals surface area contributed by atoms with Crippen LogP contribution in [0.3, 0.4) is 0 Å². The Morgan fingerprint density at radius 3 is 2.82 bits per heavy atom. The number of nitrogens with two attached hydrogens (primary N) is 1. The van der Waals surface area contributed by atoms with Gasteiger partial charge in [0.25, 0.3) is 5.91 Å². The molecular formula is C22H21BrN8O3. The van der Waals surface area contributed by atoms with Gasteiger partial charge in [0.05, 0.1) is 44.5 Å². The lowest BCUT2D eigenvalue weighted by molar-refractivity contribution is 0.102. The van der Waals surface area contributed by atoms with Crippen LogP contribution in [-0.2, 0) is 0 Å². The molecule has 0 radical (unpaired) electrons. The van der Waals surface area contributed by atoms with E-state index in [1.807, 2.05) is 18.2 Å². The van der Waals surface area contributed by atoms with E-state index in [9.17, 15) is 14.7 Å². The maximum absolute atomic E-state index is 13.0. The number of piperidine rings is 1. The van der Waals surface area contributed by atoms with Gasteiger partial charge < -0.3 is 20.3 Å². The highest BCUT2D eigenvalue weighted by atomic mass is 79.9. The molecular weight excluding hydrogens is 504 g/mol. The van der Waals surface area contributed by atoms with Crippen molar-refractivity contribution in [1.29, 1.82) is 0 Å². The van der Waals surface area contributed by atoms with Gasteiger partial charge in [-0.05, 0) is 40.9 Å². The summed E-state index contributed by atoms with van der Waals surface area (Å²) in [5.74, 6) is 5.37. The molecule has 2 amide bonds. The lowest BCUT2D eigenvalue weighted by atomic mass is 10.0. The van der Waals surface area contributed by atoms with Crippen LogP contribution in [0.5, 0.6) is 0 Å². The number of fused-ring (bicyclic) bond motifs is 2. The van der Waals surface area contributed by atoms with E-state index in [0.717, 1.165) is 21.6 Å². The molecule has 174 valence electrons. The maximum atomic E-state index is 13.0. The average molecular weight is 525 g/mol. The maximum Gasteiger partial charge on any atom is 0.421 e. The zero-order chi connectivity index (χ0) is 23.8. The van der Waals surface area contributed by atoms with Crippen molar-refractivity contribution in [2.45, 2.75) is 18.9 Å². The number of H-pyrrole nitrogens is 1. The third kappa shape index (κ3) is 4.01. The Bertz CT molecular complexity index is 1410. The molecule has 0 spiro atoms. The molecule has 12 heteroatoms. The Labute approximate surface area is 202 Å². The number of hydrazine groups is 1. The highest BCUT2D eigenvalue weighted by Crippen LogP contribution is 2.39. The van der Waals surface area contributed by atoms with Crippen LogP contribution in [0.2, 0.25) is 0 Å². The molecule has 1 atom stereocenters. The molecule has 1 fully saturated rings. The zero-order valence-corrected chi connectivity index (χ0v) is 19.5. The quantitative estimate of drug-likeness (QED) is 0.180. The number of hydrogen-bond donors (Lipinski definition) is 4. The van der Waals surface area contributed by atoms with Crippen LogP contribution in [0.1, 0.15) is 23.3 Å². The number of aromatic nitrogens is 4. The van der Waals surface area contributed by atoms with Crippen LogP contribution < -0.4 is 16.1 Å². The van der Waals surface area contributed by atoms with Crippen LogP contribution in [0, 0.1) is 0 Å². The number of amides is 2. The van der Waals surface area contributed by atoms with Gasteiger partial charge in [0.2, 0.25) is 0 Å². The topological polar surface area (TPSA) is 153 Å². The van der Waals surface area contributed by atoms with Crippen molar-refractivity contribution >= 4 is 61.4 Å². The van der Waals surface area contributed by atoms with Gasteiger partial charge in [0, 0.05) is 25.5 Å². The van der Waals surface area contributed by atoms with E-state index in [1.54, 1.807) is 18.5 Å². The molecule has 11 nitrogen and oxygen atoms in total. The van der Waals surface area contributed by atoms with Gasteiger partial charge in [-0.15, -0.1) is 0 Å². The second-order valence-electron chi connectivity index (χ2n) is 8.01. The lowest BCUT2D eigenvalue weighted by Crippen LogP contribution is -2.53. The van der Waals surface area contributed by atoms with Crippen molar-refractivity contribution in [2.75, 3.05) is 23.3 Å². The normalized spacial score (nSPS) is 16.1. The van der Waals surface area contributed by atoms with Crippen LogP contribution in [0.25, 0.3) is 22.1 Å². The number of pyridine rings is 1. The number of carbonyl (C=O) groups is 2. The van der Waals surface area contributed by atoms with E-state index in [1.165, 1.54) is 6.20 Å². The minimum absolute atomic E-state index is 0.191. The molecule has 0 unspecified atom stereocenters. The summed E-state index contributed by atoms with van der Waals surface area (Å²) in [4.78, 5) is 42.7. The third-order valence-electron chi connectivity index (χ3n) is 5.89. The molecule has 1 aliphatic rings. The Hall–Kier alpha value is -3.77. The number of nitrogens with zero attached hydrogens (tertiary/aromatic N) is 5. The Balaban J connectivity index is 1.49. The van der Waals surface area contributed by atoms with Crippen LogP contribution >= 0.6 is 15.9 Å². The number of benzene rings is 1. The van der Waals surface area contributed by atoms with Gasteiger partial charge in [0.1, 0.15) is 11.3 Å². The molecule has 4 heterocycles. The molecule has 4 aromatic rings. The van der Waals surface area contributed by atoms with Gasteiger partial charge in [-0.2, -0.15) is 0 Å². The first-order valence-corrected chi connectivity index (χ1v) is 11.4. The molecule has 34 heavy (non-hydrogen) atoms. The first-order valence-electron chi connectivity index (χ1n) is 10.6. The van der Waals surface area contributed by atoms with Gasteiger partial charge >= 0.3 is 6.09 Å². The smallest absolute Gasteiger partial charge is 0.421 e. The number of para-hydroxylation sites is 2. The number of rotatable bonds is 4. The number of hydrogen-bond acceptors (Lipinski definition) is 7. The van der Waals surface area contributed by atoms with E-state index in [-0.39, 0.29) is 11.7 Å². The Morgan fingerprint density at radius 1 is 1.24 bits per heavy atom. The number of carbonyl (C=O) groups excluding carboxylic acids is 1. The van der Waals surface area contributed by atoms with Crippen LogP contribution in [0.4, 0.5) is 16.2 Å². The molecule has 1 aromatic carbocycles. The van der Waals surface area contributed by atoms with Crippen LogP contribution in [0.15, 0.2) is 47.3 Å². The highest BCUT2D eigenvalue weighted by Gasteiger charge is 2.29. The monoisotopic (exact) mass is 524 g/mol. The summed E-state index contributed by atoms with van der Waals surface area (Å²) < 4.78 is 0.722. The van der Waals surface area contributed by atoms with E-state index < -0.39 is 12.0 Å². The number of nitrogens with one attached hydrogen (secondary N) is 2. The second-order valence-corrected chi connectivity index (χ2v) is 8.87. The molecule has 5 N–H and O–H groups in total. The summed E-state index contributed by atoms with van der Waals surface area (Å²) in [5, 5.41) is 13.8. The molecule has 5 rings (SSSR count). The molecule has 0 bridgehead atoms. The second kappa shape index (κ2) is 8.88. The summed E-state index contributed by atoms with van der Waals surface area (Å²) in [7, 11) is 0. The number of carboxylic acid groups (broad SMARTS) is 1. The zero-order valence-electron chi connectivity index (χ0n) is 17.9.